The smallest absolute Gasteiger partial charge is 0.194 e. The van der Waals surface area contributed by atoms with Crippen LogP contribution in [0.3, 0.4) is 0 Å². The molecule has 1 aromatic heterocycles. The number of guanidine groups is 1. The third-order valence-corrected chi connectivity index (χ3v) is 4.74. The van der Waals surface area contributed by atoms with Gasteiger partial charge in [-0.25, -0.2) is 4.99 Å². The number of likely N-dealkylation sites (tertiary alicyclic amines) is 1. The SMILES string of the molecule is CCNC(=NCc1cnn(C)c1)N1CCC(CC)(CC)C1. The van der Waals surface area contributed by atoms with Gasteiger partial charge in [0.1, 0.15) is 0 Å². The third kappa shape index (κ3) is 3.77. The van der Waals surface area contributed by atoms with Gasteiger partial charge in [-0.15, -0.1) is 0 Å². The Labute approximate surface area is 128 Å². The molecular formula is C16H29N5. The predicted molar refractivity (Wildman–Crippen MR) is 87.2 cm³/mol. The van der Waals surface area contributed by atoms with Gasteiger partial charge in [-0.2, -0.15) is 5.10 Å². The zero-order valence-electron chi connectivity index (χ0n) is 13.9. The first kappa shape index (κ1) is 15.9. The molecule has 0 saturated carbocycles. The number of aliphatic imine (C=N–C) groups is 1. The molecule has 0 atom stereocenters. The van der Waals surface area contributed by atoms with E-state index in [0.29, 0.717) is 12.0 Å². The van der Waals surface area contributed by atoms with Crippen LogP contribution in [0.5, 0.6) is 0 Å². The van der Waals surface area contributed by atoms with Crippen LogP contribution in [-0.2, 0) is 13.6 Å². The van der Waals surface area contributed by atoms with Crippen molar-refractivity contribution in [2.75, 3.05) is 19.6 Å². The topological polar surface area (TPSA) is 45.5 Å². The first-order valence-corrected chi connectivity index (χ1v) is 8.13. The maximum atomic E-state index is 4.79. The second-order valence-corrected chi connectivity index (χ2v) is 6.07. The number of aromatic nitrogens is 2. The lowest BCUT2D eigenvalue weighted by Crippen LogP contribution is -2.41. The van der Waals surface area contributed by atoms with Crippen LogP contribution >= 0.6 is 0 Å². The monoisotopic (exact) mass is 291 g/mol. The Balaban J connectivity index is 2.05. The first-order valence-electron chi connectivity index (χ1n) is 8.13. The number of hydrogen-bond donors (Lipinski definition) is 1. The van der Waals surface area contributed by atoms with E-state index in [-0.39, 0.29) is 0 Å². The van der Waals surface area contributed by atoms with Crippen LogP contribution in [0.25, 0.3) is 0 Å². The molecule has 0 aromatic carbocycles. The highest BCUT2D eigenvalue weighted by molar-refractivity contribution is 5.80. The average Bonchev–Trinajstić information content (AvgIpc) is 3.10. The highest BCUT2D eigenvalue weighted by Crippen LogP contribution is 2.36. The van der Waals surface area contributed by atoms with Crippen molar-refractivity contribution in [2.24, 2.45) is 17.5 Å². The minimum absolute atomic E-state index is 0.477. The van der Waals surface area contributed by atoms with E-state index in [2.05, 4.69) is 36.1 Å². The van der Waals surface area contributed by atoms with Gasteiger partial charge in [-0.3, -0.25) is 4.68 Å². The lowest BCUT2D eigenvalue weighted by molar-refractivity contribution is 0.276. The van der Waals surface area contributed by atoms with Gasteiger partial charge < -0.3 is 10.2 Å². The molecule has 0 radical (unpaired) electrons. The molecule has 2 heterocycles. The second-order valence-electron chi connectivity index (χ2n) is 6.07. The van der Waals surface area contributed by atoms with Gasteiger partial charge in [0, 0.05) is 38.4 Å². The molecule has 1 saturated heterocycles. The maximum Gasteiger partial charge on any atom is 0.194 e. The van der Waals surface area contributed by atoms with Crippen molar-refractivity contribution in [3.8, 4) is 0 Å². The van der Waals surface area contributed by atoms with E-state index in [1.54, 1.807) is 0 Å². The van der Waals surface area contributed by atoms with Crippen molar-refractivity contribution in [1.82, 2.24) is 20.0 Å². The van der Waals surface area contributed by atoms with E-state index < -0.39 is 0 Å². The van der Waals surface area contributed by atoms with Crippen LogP contribution in [-0.4, -0.2) is 40.3 Å². The van der Waals surface area contributed by atoms with Crippen LogP contribution in [0.1, 0.15) is 45.6 Å². The fraction of sp³-hybridized carbons (Fsp3) is 0.750. The zero-order chi connectivity index (χ0) is 15.3. The summed E-state index contributed by atoms with van der Waals surface area (Å²) in [7, 11) is 1.94. The van der Waals surface area contributed by atoms with Gasteiger partial charge >= 0.3 is 0 Å². The van der Waals surface area contributed by atoms with Crippen LogP contribution in [0.15, 0.2) is 17.4 Å². The summed E-state index contributed by atoms with van der Waals surface area (Å²) in [5, 5.41) is 7.64. The molecule has 1 aliphatic heterocycles. The van der Waals surface area contributed by atoms with Gasteiger partial charge in [0.2, 0.25) is 0 Å². The van der Waals surface area contributed by atoms with Gasteiger partial charge in [-0.05, 0) is 31.6 Å². The van der Waals surface area contributed by atoms with Gasteiger partial charge in [0.25, 0.3) is 0 Å². The summed E-state index contributed by atoms with van der Waals surface area (Å²) >= 11 is 0. The minimum atomic E-state index is 0.477. The van der Waals surface area contributed by atoms with Gasteiger partial charge in [0.15, 0.2) is 5.96 Å². The quantitative estimate of drug-likeness (QED) is 0.669. The zero-order valence-corrected chi connectivity index (χ0v) is 13.9. The number of rotatable bonds is 5. The van der Waals surface area contributed by atoms with E-state index in [9.17, 15) is 0 Å². The van der Waals surface area contributed by atoms with E-state index >= 15 is 0 Å². The lowest BCUT2D eigenvalue weighted by atomic mass is 9.82. The molecule has 118 valence electrons. The minimum Gasteiger partial charge on any atom is -0.357 e. The van der Waals surface area contributed by atoms with E-state index in [4.69, 9.17) is 4.99 Å². The Kier molecular flexibility index (Phi) is 5.26. The molecule has 0 spiro atoms. The molecule has 2 rings (SSSR count). The summed E-state index contributed by atoms with van der Waals surface area (Å²) in [6.07, 6.45) is 7.69. The van der Waals surface area contributed by atoms with Crippen LogP contribution in [0.4, 0.5) is 0 Å². The Morgan fingerprint density at radius 2 is 2.14 bits per heavy atom. The van der Waals surface area contributed by atoms with Crippen molar-refractivity contribution in [3.05, 3.63) is 18.0 Å². The fourth-order valence-electron chi connectivity index (χ4n) is 3.09. The van der Waals surface area contributed by atoms with E-state index in [1.807, 2.05) is 24.1 Å². The predicted octanol–water partition coefficient (Wildman–Crippen LogP) is 2.40. The molecule has 1 aliphatic rings. The van der Waals surface area contributed by atoms with E-state index in [1.165, 1.54) is 19.3 Å². The molecule has 1 N–H and O–H groups in total. The molecule has 21 heavy (non-hydrogen) atoms. The molecule has 0 bridgehead atoms. The Hall–Kier alpha value is -1.52. The lowest BCUT2D eigenvalue weighted by Gasteiger charge is -2.28. The molecule has 1 aromatic rings. The number of aryl methyl sites for hydroxylation is 1. The van der Waals surface area contributed by atoms with Gasteiger partial charge in [-0.1, -0.05) is 13.8 Å². The van der Waals surface area contributed by atoms with Crippen molar-refractivity contribution in [1.29, 1.82) is 0 Å². The third-order valence-electron chi connectivity index (χ3n) is 4.74. The van der Waals surface area contributed by atoms with Crippen LogP contribution < -0.4 is 5.32 Å². The molecular weight excluding hydrogens is 262 g/mol. The van der Waals surface area contributed by atoms with Crippen molar-refractivity contribution >= 4 is 5.96 Å². The number of hydrogen-bond acceptors (Lipinski definition) is 2. The Bertz CT molecular complexity index is 473. The van der Waals surface area contributed by atoms with Crippen LogP contribution in [0.2, 0.25) is 0 Å². The standard InChI is InChI=1S/C16H29N5/c1-5-16(6-2)8-9-21(13-16)15(17-7-3)18-10-14-11-19-20(4)12-14/h11-12H,5-10,13H2,1-4H3,(H,17,18). The molecule has 5 heteroatoms. The number of nitrogens with zero attached hydrogens (tertiary/aromatic N) is 4. The van der Waals surface area contributed by atoms with Crippen LogP contribution in [0, 0.1) is 5.41 Å². The first-order chi connectivity index (χ1) is 10.1. The number of nitrogens with one attached hydrogen (secondary N) is 1. The van der Waals surface area contributed by atoms with Crippen molar-refractivity contribution < 1.29 is 0 Å². The van der Waals surface area contributed by atoms with Crippen molar-refractivity contribution in [3.63, 3.8) is 0 Å². The summed E-state index contributed by atoms with van der Waals surface area (Å²) in [6.45, 7) is 10.6. The normalized spacial score (nSPS) is 18.3. The molecule has 5 nitrogen and oxygen atoms in total. The largest absolute Gasteiger partial charge is 0.357 e. The summed E-state index contributed by atoms with van der Waals surface area (Å²) in [5.41, 5.74) is 1.63. The molecule has 0 unspecified atom stereocenters. The summed E-state index contributed by atoms with van der Waals surface area (Å²) in [6, 6.07) is 0. The molecule has 1 fully saturated rings. The van der Waals surface area contributed by atoms with Crippen molar-refractivity contribution in [2.45, 2.75) is 46.6 Å². The average molecular weight is 291 g/mol. The molecule has 0 amide bonds. The summed E-state index contributed by atoms with van der Waals surface area (Å²) < 4.78 is 1.83. The highest BCUT2D eigenvalue weighted by Gasteiger charge is 2.36. The summed E-state index contributed by atoms with van der Waals surface area (Å²) in [4.78, 5) is 7.21. The maximum absolute atomic E-state index is 4.79. The summed E-state index contributed by atoms with van der Waals surface area (Å²) in [5.74, 6) is 1.05. The molecule has 0 aliphatic carbocycles. The fourth-order valence-corrected chi connectivity index (χ4v) is 3.09. The second kappa shape index (κ2) is 6.96. The van der Waals surface area contributed by atoms with Gasteiger partial charge in [0.05, 0.1) is 12.7 Å². The Morgan fingerprint density at radius 1 is 1.38 bits per heavy atom. The highest BCUT2D eigenvalue weighted by atomic mass is 15.3. The van der Waals surface area contributed by atoms with E-state index in [0.717, 1.165) is 31.2 Å². The Morgan fingerprint density at radius 3 is 2.67 bits per heavy atom.